The summed E-state index contributed by atoms with van der Waals surface area (Å²) in [4.78, 5) is 14.3. The molecule has 0 saturated carbocycles. The zero-order valence-corrected chi connectivity index (χ0v) is 11.9. The van der Waals surface area contributed by atoms with Crippen molar-refractivity contribution in [1.29, 1.82) is 0 Å². The molecule has 0 aromatic heterocycles. The summed E-state index contributed by atoms with van der Waals surface area (Å²) in [6.07, 6.45) is 1.01. The summed E-state index contributed by atoms with van der Waals surface area (Å²) < 4.78 is 5.27. The Bertz CT molecular complexity index is 445. The Labute approximate surface area is 118 Å². The monoisotopic (exact) mass is 282 g/mol. The second kappa shape index (κ2) is 6.78. The highest BCUT2D eigenvalue weighted by Gasteiger charge is 2.21. The zero-order chi connectivity index (χ0) is 13.7. The topological polar surface area (TPSA) is 41.6 Å². The van der Waals surface area contributed by atoms with Crippen molar-refractivity contribution in [1.82, 2.24) is 4.90 Å². The number of morpholine rings is 1. The van der Waals surface area contributed by atoms with E-state index >= 15 is 0 Å². The van der Waals surface area contributed by atoms with Crippen LogP contribution in [0.2, 0.25) is 5.02 Å². The number of ether oxygens (including phenoxy) is 1. The first kappa shape index (κ1) is 14.2. The van der Waals surface area contributed by atoms with Gasteiger partial charge in [-0.2, -0.15) is 0 Å². The zero-order valence-electron chi connectivity index (χ0n) is 11.1. The lowest BCUT2D eigenvalue weighted by atomic mass is 10.1. The number of nitrogens with zero attached hydrogens (tertiary/aromatic N) is 1. The van der Waals surface area contributed by atoms with Crippen LogP contribution in [-0.4, -0.2) is 43.7 Å². The molecule has 1 aromatic rings. The van der Waals surface area contributed by atoms with Crippen LogP contribution in [0.3, 0.4) is 0 Å². The van der Waals surface area contributed by atoms with Crippen molar-refractivity contribution in [3.05, 3.63) is 28.8 Å². The fourth-order valence-corrected chi connectivity index (χ4v) is 2.22. The van der Waals surface area contributed by atoms with Gasteiger partial charge in [0.05, 0.1) is 18.8 Å². The minimum absolute atomic E-state index is 0.0180. The van der Waals surface area contributed by atoms with E-state index in [2.05, 4.69) is 12.2 Å². The summed E-state index contributed by atoms with van der Waals surface area (Å²) in [7, 11) is 0. The molecule has 1 N–H and O–H groups in total. The number of nitrogens with one attached hydrogen (secondary N) is 1. The van der Waals surface area contributed by atoms with Crippen LogP contribution >= 0.6 is 11.6 Å². The highest BCUT2D eigenvalue weighted by molar-refractivity contribution is 6.31. The highest BCUT2D eigenvalue weighted by Crippen LogP contribution is 2.22. The van der Waals surface area contributed by atoms with Gasteiger partial charge in [0.2, 0.25) is 0 Å². The Hall–Kier alpha value is -1.26. The van der Waals surface area contributed by atoms with Gasteiger partial charge in [0.1, 0.15) is 0 Å². The van der Waals surface area contributed by atoms with Crippen LogP contribution in [0, 0.1) is 0 Å². The molecule has 1 aliphatic rings. The van der Waals surface area contributed by atoms with E-state index in [4.69, 9.17) is 16.3 Å². The summed E-state index contributed by atoms with van der Waals surface area (Å²) in [6, 6.07) is 5.40. The maximum Gasteiger partial charge on any atom is 0.256 e. The van der Waals surface area contributed by atoms with E-state index < -0.39 is 0 Å². The smallest absolute Gasteiger partial charge is 0.256 e. The third-order valence-electron chi connectivity index (χ3n) is 3.08. The number of hydrogen-bond acceptors (Lipinski definition) is 3. The Kier molecular flexibility index (Phi) is 5.05. The summed E-state index contributed by atoms with van der Waals surface area (Å²) in [5.41, 5.74) is 1.49. The van der Waals surface area contributed by atoms with Crippen molar-refractivity contribution >= 4 is 23.2 Å². The average Bonchev–Trinajstić information content (AvgIpc) is 2.46. The van der Waals surface area contributed by atoms with Crippen molar-refractivity contribution < 1.29 is 9.53 Å². The first-order chi connectivity index (χ1) is 9.22. The molecular weight excluding hydrogens is 264 g/mol. The quantitative estimate of drug-likeness (QED) is 0.923. The number of halogens is 1. The van der Waals surface area contributed by atoms with Gasteiger partial charge < -0.3 is 15.0 Å². The van der Waals surface area contributed by atoms with Crippen molar-refractivity contribution in [3.63, 3.8) is 0 Å². The van der Waals surface area contributed by atoms with Gasteiger partial charge in [-0.15, -0.1) is 0 Å². The Morgan fingerprint density at radius 2 is 2.16 bits per heavy atom. The highest BCUT2D eigenvalue weighted by atomic mass is 35.5. The number of amides is 1. The van der Waals surface area contributed by atoms with Crippen LogP contribution in [-0.2, 0) is 4.74 Å². The third kappa shape index (κ3) is 3.61. The lowest BCUT2D eigenvalue weighted by molar-refractivity contribution is 0.0303. The maximum absolute atomic E-state index is 12.5. The first-order valence-electron chi connectivity index (χ1n) is 6.63. The third-order valence-corrected chi connectivity index (χ3v) is 3.31. The van der Waals surface area contributed by atoms with Crippen LogP contribution in [0.25, 0.3) is 0 Å². The molecule has 2 rings (SSSR count). The van der Waals surface area contributed by atoms with Gasteiger partial charge in [0.15, 0.2) is 0 Å². The molecule has 0 unspecified atom stereocenters. The fourth-order valence-electron chi connectivity index (χ4n) is 2.04. The Balaban J connectivity index is 2.20. The van der Waals surface area contributed by atoms with Crippen LogP contribution < -0.4 is 5.32 Å². The van der Waals surface area contributed by atoms with Crippen molar-refractivity contribution in [2.24, 2.45) is 0 Å². The van der Waals surface area contributed by atoms with Gasteiger partial charge in [-0.25, -0.2) is 0 Å². The Morgan fingerprint density at radius 1 is 1.42 bits per heavy atom. The molecule has 0 bridgehead atoms. The maximum atomic E-state index is 12.5. The molecule has 1 aliphatic heterocycles. The first-order valence-corrected chi connectivity index (χ1v) is 7.00. The lowest BCUT2D eigenvalue weighted by Crippen LogP contribution is -2.40. The molecule has 0 spiro atoms. The van der Waals surface area contributed by atoms with E-state index in [-0.39, 0.29) is 5.91 Å². The number of carbonyl (C=O) groups is 1. The summed E-state index contributed by atoms with van der Waals surface area (Å²) in [6.45, 7) is 5.41. The number of benzene rings is 1. The van der Waals surface area contributed by atoms with E-state index in [0.29, 0.717) is 36.9 Å². The molecule has 4 nitrogen and oxygen atoms in total. The molecule has 1 amide bonds. The van der Waals surface area contributed by atoms with E-state index in [1.165, 1.54) is 0 Å². The predicted molar refractivity (Wildman–Crippen MR) is 77.0 cm³/mol. The van der Waals surface area contributed by atoms with Crippen LogP contribution in [0.5, 0.6) is 0 Å². The van der Waals surface area contributed by atoms with Gasteiger partial charge >= 0.3 is 0 Å². The van der Waals surface area contributed by atoms with Crippen LogP contribution in [0.4, 0.5) is 5.69 Å². The standard InChI is InChI=1S/C14H19ClN2O2/c1-2-5-16-13-4-3-11(15)10-12(13)14(18)17-6-8-19-9-7-17/h3-4,10,16H,2,5-9H2,1H3. The normalized spacial score (nSPS) is 15.4. The van der Waals surface area contributed by atoms with Gasteiger partial charge in [-0.3, -0.25) is 4.79 Å². The summed E-state index contributed by atoms with van der Waals surface area (Å²) >= 11 is 6.01. The minimum Gasteiger partial charge on any atom is -0.384 e. The van der Waals surface area contributed by atoms with Crippen molar-refractivity contribution in [2.75, 3.05) is 38.2 Å². The van der Waals surface area contributed by atoms with Crippen LogP contribution in [0.1, 0.15) is 23.7 Å². The van der Waals surface area contributed by atoms with E-state index in [1.807, 2.05) is 11.0 Å². The second-order valence-electron chi connectivity index (χ2n) is 4.52. The van der Waals surface area contributed by atoms with Crippen LogP contribution in [0.15, 0.2) is 18.2 Å². The fraction of sp³-hybridized carbons (Fsp3) is 0.500. The predicted octanol–water partition coefficient (Wildman–Crippen LogP) is 2.63. The molecule has 1 saturated heterocycles. The number of carbonyl (C=O) groups excluding carboxylic acids is 1. The lowest BCUT2D eigenvalue weighted by Gasteiger charge is -2.27. The summed E-state index contributed by atoms with van der Waals surface area (Å²) in [5, 5.41) is 3.85. The van der Waals surface area contributed by atoms with Crippen molar-refractivity contribution in [2.45, 2.75) is 13.3 Å². The van der Waals surface area contributed by atoms with Gasteiger partial charge in [0, 0.05) is 30.3 Å². The SMILES string of the molecule is CCCNc1ccc(Cl)cc1C(=O)N1CCOCC1. The minimum atomic E-state index is 0.0180. The molecule has 0 radical (unpaired) electrons. The van der Waals surface area contributed by atoms with E-state index in [1.54, 1.807) is 12.1 Å². The molecule has 1 fully saturated rings. The molecule has 1 aromatic carbocycles. The number of hydrogen-bond donors (Lipinski definition) is 1. The molecule has 1 heterocycles. The number of anilines is 1. The van der Waals surface area contributed by atoms with Gasteiger partial charge in [0.25, 0.3) is 5.91 Å². The average molecular weight is 283 g/mol. The molecular formula is C14H19ClN2O2. The largest absolute Gasteiger partial charge is 0.384 e. The van der Waals surface area contributed by atoms with Gasteiger partial charge in [-0.05, 0) is 24.6 Å². The molecule has 0 aliphatic carbocycles. The molecule has 0 atom stereocenters. The molecule has 19 heavy (non-hydrogen) atoms. The summed E-state index contributed by atoms with van der Waals surface area (Å²) in [5.74, 6) is 0.0180. The molecule has 5 heteroatoms. The number of rotatable bonds is 4. The second-order valence-corrected chi connectivity index (χ2v) is 4.96. The molecule has 104 valence electrons. The van der Waals surface area contributed by atoms with Gasteiger partial charge in [-0.1, -0.05) is 18.5 Å². The van der Waals surface area contributed by atoms with E-state index in [9.17, 15) is 4.79 Å². The van der Waals surface area contributed by atoms with Crippen molar-refractivity contribution in [3.8, 4) is 0 Å². The van der Waals surface area contributed by atoms with E-state index in [0.717, 1.165) is 18.7 Å². The Morgan fingerprint density at radius 3 is 2.84 bits per heavy atom.